The number of primary amides is 1. The Morgan fingerprint density at radius 2 is 1.84 bits per heavy atom. The van der Waals surface area contributed by atoms with Gasteiger partial charge in [0.05, 0.1) is 37.5 Å². The summed E-state index contributed by atoms with van der Waals surface area (Å²) in [5.74, 6) is -4.74. The number of ketones is 2. The molecule has 0 radical (unpaired) electrons. The van der Waals surface area contributed by atoms with E-state index in [0.29, 0.717) is 6.54 Å². The van der Waals surface area contributed by atoms with Crippen LogP contribution >= 0.6 is 0 Å². The lowest BCUT2D eigenvalue weighted by atomic mass is 9.75. The predicted octanol–water partition coefficient (Wildman–Crippen LogP) is -1.62. The van der Waals surface area contributed by atoms with Gasteiger partial charge in [-0.2, -0.15) is 0 Å². The number of hydrogen-bond donors (Lipinski definition) is 1. The van der Waals surface area contributed by atoms with E-state index in [1.54, 1.807) is 9.80 Å². The van der Waals surface area contributed by atoms with Crippen LogP contribution < -0.4 is 5.73 Å². The topological polar surface area (TPSA) is 147 Å². The van der Waals surface area contributed by atoms with Gasteiger partial charge in [-0.3, -0.25) is 14.4 Å². The van der Waals surface area contributed by atoms with Gasteiger partial charge in [0, 0.05) is 33.3 Å². The molecule has 0 saturated carbocycles. The summed E-state index contributed by atoms with van der Waals surface area (Å²) in [4.78, 5) is 54.6. The van der Waals surface area contributed by atoms with Gasteiger partial charge in [0.15, 0.2) is 11.5 Å². The first-order valence-electron chi connectivity index (χ1n) is 10.4. The molecule has 0 bridgehead atoms. The first-order chi connectivity index (χ1) is 15.3. The standard InChI is InChI=1S/C20H25N3O9/c1-9(24)23-12-6-22-14-13(10(8-30-18(21)27)19(22,29-3)16(12)23)17(26)20(31-4-5-32-20)11(7-28-2)15(14)25/h10-12,16H,4-8H2,1-3H3,(H2,21,27)/t10-,11?,12+,16+,19-,23?/m1/s1. The summed E-state index contributed by atoms with van der Waals surface area (Å²) in [5, 5.41) is 0. The summed E-state index contributed by atoms with van der Waals surface area (Å²) in [6.45, 7) is 1.65. The van der Waals surface area contributed by atoms with Crippen LogP contribution in [-0.4, -0.2) is 104 Å². The van der Waals surface area contributed by atoms with Crippen molar-refractivity contribution in [1.29, 1.82) is 0 Å². The molecule has 0 aromatic heterocycles. The van der Waals surface area contributed by atoms with Crippen LogP contribution in [0.1, 0.15) is 6.92 Å². The van der Waals surface area contributed by atoms with Gasteiger partial charge in [-0.25, -0.2) is 4.79 Å². The Morgan fingerprint density at radius 3 is 2.41 bits per heavy atom. The molecule has 3 fully saturated rings. The van der Waals surface area contributed by atoms with Crippen LogP contribution in [0.25, 0.3) is 0 Å². The molecule has 1 unspecified atom stereocenters. The van der Waals surface area contributed by atoms with Crippen LogP contribution in [0.4, 0.5) is 4.79 Å². The molecule has 12 nitrogen and oxygen atoms in total. The van der Waals surface area contributed by atoms with Gasteiger partial charge in [-0.15, -0.1) is 0 Å². The van der Waals surface area contributed by atoms with Crippen molar-refractivity contribution in [3.8, 4) is 0 Å². The van der Waals surface area contributed by atoms with E-state index in [4.69, 9.17) is 29.4 Å². The Bertz CT molecular complexity index is 943. The Hall–Kier alpha value is -2.54. The molecule has 0 aromatic carbocycles. The highest BCUT2D eigenvalue weighted by atomic mass is 16.7. The summed E-state index contributed by atoms with van der Waals surface area (Å²) < 4.78 is 27.8. The molecule has 1 aliphatic carbocycles. The van der Waals surface area contributed by atoms with Crippen LogP contribution in [-0.2, 0) is 38.1 Å². The number of hydrogen-bond acceptors (Lipinski definition) is 10. The molecule has 5 aliphatic rings. The van der Waals surface area contributed by atoms with Gasteiger partial charge in [-0.1, -0.05) is 0 Å². The largest absolute Gasteiger partial charge is 0.449 e. The first kappa shape index (κ1) is 21.3. The molecule has 2 amide bonds. The van der Waals surface area contributed by atoms with Crippen molar-refractivity contribution in [3.63, 3.8) is 0 Å². The zero-order chi connectivity index (χ0) is 23.0. The molecule has 5 rings (SSSR count). The minimum absolute atomic E-state index is 0.0793. The first-order valence-corrected chi connectivity index (χ1v) is 10.4. The maximum atomic E-state index is 13.9. The second kappa shape index (κ2) is 6.98. The zero-order valence-electron chi connectivity index (χ0n) is 18.0. The van der Waals surface area contributed by atoms with Gasteiger partial charge < -0.3 is 39.2 Å². The van der Waals surface area contributed by atoms with Gasteiger partial charge in [0.2, 0.25) is 17.5 Å². The second-order valence-corrected chi connectivity index (χ2v) is 8.52. The number of fused-ring (bicyclic) bond motifs is 4. The van der Waals surface area contributed by atoms with Crippen molar-refractivity contribution >= 4 is 23.6 Å². The highest BCUT2D eigenvalue weighted by Crippen LogP contribution is 2.61. The predicted molar refractivity (Wildman–Crippen MR) is 103 cm³/mol. The zero-order valence-corrected chi connectivity index (χ0v) is 18.0. The average Bonchev–Trinajstić information content (AvgIpc) is 3.04. The van der Waals surface area contributed by atoms with E-state index in [1.807, 2.05) is 0 Å². The molecular weight excluding hydrogens is 426 g/mol. The molecular formula is C20H25N3O9. The van der Waals surface area contributed by atoms with Crippen molar-refractivity contribution in [2.24, 2.45) is 17.6 Å². The smallest absolute Gasteiger partial charge is 0.404 e. The van der Waals surface area contributed by atoms with E-state index in [9.17, 15) is 19.2 Å². The number of rotatable bonds is 5. The number of ether oxygens (including phenoxy) is 5. The average molecular weight is 451 g/mol. The van der Waals surface area contributed by atoms with Crippen LogP contribution in [0.5, 0.6) is 0 Å². The minimum atomic E-state index is -1.81. The normalized spacial score (nSPS) is 36.5. The molecule has 4 heterocycles. The van der Waals surface area contributed by atoms with Crippen molar-refractivity contribution in [2.75, 3.05) is 47.2 Å². The van der Waals surface area contributed by atoms with Crippen molar-refractivity contribution in [1.82, 2.24) is 9.80 Å². The number of carbonyl (C=O) groups excluding carboxylic acids is 4. The Balaban J connectivity index is 1.65. The van der Waals surface area contributed by atoms with Crippen LogP contribution in [0, 0.1) is 11.8 Å². The number of nitrogens with zero attached hydrogens (tertiary/aromatic N) is 2. The highest BCUT2D eigenvalue weighted by molar-refractivity contribution is 6.17. The Labute approximate surface area is 183 Å². The van der Waals surface area contributed by atoms with E-state index in [1.165, 1.54) is 21.1 Å². The van der Waals surface area contributed by atoms with Crippen molar-refractivity contribution < 1.29 is 42.9 Å². The van der Waals surface area contributed by atoms with E-state index >= 15 is 0 Å². The fourth-order valence-corrected chi connectivity index (χ4v) is 6.11. The van der Waals surface area contributed by atoms with E-state index in [0.717, 1.165) is 0 Å². The minimum Gasteiger partial charge on any atom is -0.449 e. The highest BCUT2D eigenvalue weighted by Gasteiger charge is 2.79. The van der Waals surface area contributed by atoms with Crippen molar-refractivity contribution in [2.45, 2.75) is 30.5 Å². The Kier molecular flexibility index (Phi) is 4.65. The quantitative estimate of drug-likeness (QED) is 0.484. The fourth-order valence-electron chi connectivity index (χ4n) is 6.11. The lowest BCUT2D eigenvalue weighted by Gasteiger charge is -2.41. The fraction of sp³-hybridized carbons (Fsp3) is 0.700. The summed E-state index contributed by atoms with van der Waals surface area (Å²) in [5.41, 5.74) is 4.24. The van der Waals surface area contributed by atoms with Gasteiger partial charge in [-0.05, 0) is 0 Å². The van der Waals surface area contributed by atoms with E-state index in [-0.39, 0.29) is 55.4 Å². The van der Waals surface area contributed by atoms with Crippen LogP contribution in [0.2, 0.25) is 0 Å². The van der Waals surface area contributed by atoms with Crippen molar-refractivity contribution in [3.05, 3.63) is 11.3 Å². The molecule has 2 N–H and O–H groups in total. The molecule has 174 valence electrons. The molecule has 4 aliphatic heterocycles. The third kappa shape index (κ3) is 2.40. The maximum Gasteiger partial charge on any atom is 0.404 e. The number of allylic oxidation sites excluding steroid dienone is 1. The lowest BCUT2D eigenvalue weighted by molar-refractivity contribution is -0.205. The Morgan fingerprint density at radius 1 is 1.16 bits per heavy atom. The molecule has 12 heteroatoms. The molecule has 0 aromatic rings. The van der Waals surface area contributed by atoms with E-state index < -0.39 is 41.3 Å². The lowest BCUT2D eigenvalue weighted by Crippen LogP contribution is -2.57. The molecule has 3 saturated heterocycles. The number of methoxy groups -OCH3 is 2. The number of carbonyl (C=O) groups is 4. The van der Waals surface area contributed by atoms with Crippen LogP contribution in [0.3, 0.4) is 0 Å². The van der Waals surface area contributed by atoms with Gasteiger partial charge >= 0.3 is 6.09 Å². The monoisotopic (exact) mass is 451 g/mol. The van der Waals surface area contributed by atoms with Gasteiger partial charge in [0.1, 0.15) is 18.6 Å². The van der Waals surface area contributed by atoms with E-state index in [2.05, 4.69) is 0 Å². The molecule has 5 atom stereocenters. The van der Waals surface area contributed by atoms with Crippen LogP contribution in [0.15, 0.2) is 11.3 Å². The second-order valence-electron chi connectivity index (χ2n) is 8.52. The number of nitrogens with two attached hydrogens (primary N) is 1. The third-order valence-corrected chi connectivity index (χ3v) is 7.22. The maximum absolute atomic E-state index is 13.9. The molecule has 1 spiro atoms. The number of amides is 2. The summed E-state index contributed by atoms with van der Waals surface area (Å²) >= 11 is 0. The number of Topliss-reactive ketones (excluding diaryl/α,β-unsaturated/α-hetero) is 2. The van der Waals surface area contributed by atoms with Gasteiger partial charge in [0.25, 0.3) is 0 Å². The molecule has 32 heavy (non-hydrogen) atoms. The third-order valence-electron chi connectivity index (χ3n) is 7.22. The summed E-state index contributed by atoms with van der Waals surface area (Å²) in [6, 6.07) is -0.601. The SMILES string of the molecule is COCC1C(=O)C2=C(C(=O)C13OCCO3)[C@@H](COC(N)=O)[C@@]1(OC)[C@@H]3[C@H](CN21)N3C(C)=O. The summed E-state index contributed by atoms with van der Waals surface area (Å²) in [6.07, 6.45) is -1.03. The number of piperazine rings is 1. The summed E-state index contributed by atoms with van der Waals surface area (Å²) in [7, 11) is 2.87.